The highest BCUT2D eigenvalue weighted by Crippen LogP contribution is 2.01. The second-order valence-corrected chi connectivity index (χ2v) is 3.56. The Balaban J connectivity index is 2.41. The third kappa shape index (κ3) is 3.22. The predicted octanol–water partition coefficient (Wildman–Crippen LogP) is 1.14. The zero-order valence-corrected chi connectivity index (χ0v) is 8.49. The SMILES string of the molecule is CC(N)CC(C)NC(=O)c1ccco1. The molecule has 2 atom stereocenters. The predicted molar refractivity (Wildman–Crippen MR) is 53.9 cm³/mol. The minimum absolute atomic E-state index is 0.0626. The molecular weight excluding hydrogens is 180 g/mol. The van der Waals surface area contributed by atoms with Crippen LogP contribution < -0.4 is 11.1 Å². The van der Waals surface area contributed by atoms with Gasteiger partial charge in [0.25, 0.3) is 5.91 Å². The van der Waals surface area contributed by atoms with Gasteiger partial charge in [-0.25, -0.2) is 0 Å². The van der Waals surface area contributed by atoms with E-state index in [2.05, 4.69) is 5.32 Å². The molecule has 2 unspecified atom stereocenters. The van der Waals surface area contributed by atoms with Crippen molar-refractivity contribution >= 4 is 5.91 Å². The van der Waals surface area contributed by atoms with Crippen molar-refractivity contribution in [3.63, 3.8) is 0 Å². The molecule has 14 heavy (non-hydrogen) atoms. The van der Waals surface area contributed by atoms with Crippen molar-refractivity contribution in [2.75, 3.05) is 0 Å². The normalized spacial score (nSPS) is 14.8. The van der Waals surface area contributed by atoms with Gasteiger partial charge in [0.1, 0.15) is 0 Å². The molecule has 1 heterocycles. The van der Waals surface area contributed by atoms with Crippen LogP contribution in [0.4, 0.5) is 0 Å². The second kappa shape index (κ2) is 4.81. The highest BCUT2D eigenvalue weighted by Gasteiger charge is 2.12. The number of carbonyl (C=O) groups excluding carboxylic acids is 1. The average molecular weight is 196 g/mol. The highest BCUT2D eigenvalue weighted by molar-refractivity contribution is 5.91. The Labute approximate surface area is 83.5 Å². The van der Waals surface area contributed by atoms with Gasteiger partial charge in [0.15, 0.2) is 5.76 Å². The molecule has 1 aromatic rings. The molecule has 1 rings (SSSR count). The smallest absolute Gasteiger partial charge is 0.287 e. The zero-order valence-electron chi connectivity index (χ0n) is 8.49. The number of amides is 1. The lowest BCUT2D eigenvalue weighted by atomic mass is 10.1. The first-order valence-electron chi connectivity index (χ1n) is 4.69. The minimum atomic E-state index is -0.192. The first kappa shape index (κ1) is 10.8. The van der Waals surface area contributed by atoms with E-state index in [0.29, 0.717) is 5.76 Å². The molecule has 0 aliphatic carbocycles. The summed E-state index contributed by atoms with van der Waals surface area (Å²) in [5, 5.41) is 2.80. The van der Waals surface area contributed by atoms with Crippen molar-refractivity contribution in [2.24, 2.45) is 5.73 Å². The Hall–Kier alpha value is -1.29. The van der Waals surface area contributed by atoms with E-state index in [-0.39, 0.29) is 18.0 Å². The van der Waals surface area contributed by atoms with Crippen LogP contribution in [0.3, 0.4) is 0 Å². The zero-order chi connectivity index (χ0) is 10.6. The van der Waals surface area contributed by atoms with Crippen LogP contribution in [0.15, 0.2) is 22.8 Å². The Morgan fingerprint density at radius 3 is 2.86 bits per heavy atom. The molecule has 0 aliphatic rings. The fourth-order valence-electron chi connectivity index (χ4n) is 1.32. The van der Waals surface area contributed by atoms with Crippen molar-refractivity contribution in [3.8, 4) is 0 Å². The molecule has 4 nitrogen and oxygen atoms in total. The number of hydrogen-bond donors (Lipinski definition) is 2. The number of nitrogens with one attached hydrogen (secondary N) is 1. The summed E-state index contributed by atoms with van der Waals surface area (Å²) in [5.41, 5.74) is 5.61. The van der Waals surface area contributed by atoms with E-state index in [4.69, 9.17) is 10.2 Å². The molecular formula is C10H16N2O2. The van der Waals surface area contributed by atoms with Crippen molar-refractivity contribution in [1.82, 2.24) is 5.32 Å². The van der Waals surface area contributed by atoms with Crippen molar-refractivity contribution in [2.45, 2.75) is 32.4 Å². The number of nitrogens with two attached hydrogens (primary N) is 1. The van der Waals surface area contributed by atoms with E-state index in [1.807, 2.05) is 13.8 Å². The first-order chi connectivity index (χ1) is 6.59. The van der Waals surface area contributed by atoms with Crippen LogP contribution in [0.5, 0.6) is 0 Å². The molecule has 1 amide bonds. The molecule has 4 heteroatoms. The van der Waals surface area contributed by atoms with Gasteiger partial charge in [-0.15, -0.1) is 0 Å². The average Bonchev–Trinajstić information content (AvgIpc) is 2.53. The third-order valence-electron chi connectivity index (χ3n) is 1.85. The summed E-state index contributed by atoms with van der Waals surface area (Å²) in [6, 6.07) is 3.47. The lowest BCUT2D eigenvalue weighted by Gasteiger charge is -2.14. The van der Waals surface area contributed by atoms with Crippen LogP contribution in [0.2, 0.25) is 0 Å². The largest absolute Gasteiger partial charge is 0.459 e. The number of hydrogen-bond acceptors (Lipinski definition) is 3. The van der Waals surface area contributed by atoms with Crippen LogP contribution in [0, 0.1) is 0 Å². The van der Waals surface area contributed by atoms with Gasteiger partial charge >= 0.3 is 0 Å². The molecule has 3 N–H and O–H groups in total. The van der Waals surface area contributed by atoms with E-state index in [1.54, 1.807) is 12.1 Å². The Bertz CT molecular complexity index is 280. The second-order valence-electron chi connectivity index (χ2n) is 3.56. The molecule has 0 saturated heterocycles. The van der Waals surface area contributed by atoms with Crippen LogP contribution in [-0.4, -0.2) is 18.0 Å². The summed E-state index contributed by atoms with van der Waals surface area (Å²) in [4.78, 5) is 11.5. The van der Waals surface area contributed by atoms with Gasteiger partial charge in [0, 0.05) is 12.1 Å². The molecule has 1 aromatic heterocycles. The van der Waals surface area contributed by atoms with Gasteiger partial charge in [-0.3, -0.25) is 4.79 Å². The Morgan fingerprint density at radius 2 is 2.36 bits per heavy atom. The third-order valence-corrected chi connectivity index (χ3v) is 1.85. The summed E-state index contributed by atoms with van der Waals surface area (Å²) < 4.78 is 4.96. The minimum Gasteiger partial charge on any atom is -0.459 e. The quantitative estimate of drug-likeness (QED) is 0.758. The van der Waals surface area contributed by atoms with E-state index < -0.39 is 0 Å². The maximum absolute atomic E-state index is 11.5. The van der Waals surface area contributed by atoms with Crippen LogP contribution in [-0.2, 0) is 0 Å². The van der Waals surface area contributed by atoms with E-state index in [9.17, 15) is 4.79 Å². The fraction of sp³-hybridized carbons (Fsp3) is 0.500. The summed E-state index contributed by atoms with van der Waals surface area (Å²) in [5.74, 6) is 0.143. The number of rotatable bonds is 4. The van der Waals surface area contributed by atoms with Crippen molar-refractivity contribution in [1.29, 1.82) is 0 Å². The van der Waals surface area contributed by atoms with Gasteiger partial charge in [0.2, 0.25) is 0 Å². The lowest BCUT2D eigenvalue weighted by Crippen LogP contribution is -2.36. The molecule has 0 radical (unpaired) electrons. The monoisotopic (exact) mass is 196 g/mol. The number of furan rings is 1. The molecule has 0 aromatic carbocycles. The van der Waals surface area contributed by atoms with E-state index >= 15 is 0 Å². The fourth-order valence-corrected chi connectivity index (χ4v) is 1.32. The van der Waals surface area contributed by atoms with E-state index in [0.717, 1.165) is 6.42 Å². The van der Waals surface area contributed by atoms with Gasteiger partial charge < -0.3 is 15.5 Å². The lowest BCUT2D eigenvalue weighted by molar-refractivity contribution is 0.0909. The molecule has 0 saturated carbocycles. The van der Waals surface area contributed by atoms with Gasteiger partial charge in [0.05, 0.1) is 6.26 Å². The molecule has 0 aliphatic heterocycles. The van der Waals surface area contributed by atoms with Crippen molar-refractivity contribution in [3.05, 3.63) is 24.2 Å². The first-order valence-corrected chi connectivity index (χ1v) is 4.69. The topological polar surface area (TPSA) is 68.3 Å². The molecule has 78 valence electrons. The summed E-state index contributed by atoms with van der Waals surface area (Å²) in [6.07, 6.45) is 2.23. The van der Waals surface area contributed by atoms with Crippen molar-refractivity contribution < 1.29 is 9.21 Å². The van der Waals surface area contributed by atoms with Crippen LogP contribution >= 0.6 is 0 Å². The van der Waals surface area contributed by atoms with Gasteiger partial charge in [-0.2, -0.15) is 0 Å². The van der Waals surface area contributed by atoms with Gasteiger partial charge in [-0.1, -0.05) is 0 Å². The Morgan fingerprint density at radius 1 is 1.64 bits per heavy atom. The molecule has 0 bridgehead atoms. The number of carbonyl (C=O) groups is 1. The summed E-state index contributed by atoms with van der Waals surface area (Å²) in [7, 11) is 0. The maximum Gasteiger partial charge on any atom is 0.287 e. The summed E-state index contributed by atoms with van der Waals surface area (Å²) >= 11 is 0. The molecule has 0 fully saturated rings. The summed E-state index contributed by atoms with van der Waals surface area (Å²) in [6.45, 7) is 3.83. The Kier molecular flexibility index (Phi) is 3.71. The molecule has 0 spiro atoms. The van der Waals surface area contributed by atoms with E-state index in [1.165, 1.54) is 6.26 Å². The van der Waals surface area contributed by atoms with Gasteiger partial charge in [-0.05, 0) is 32.4 Å². The van der Waals surface area contributed by atoms with Crippen LogP contribution in [0.1, 0.15) is 30.8 Å². The maximum atomic E-state index is 11.5. The standard InChI is InChI=1S/C10H16N2O2/c1-7(11)6-8(2)12-10(13)9-4-3-5-14-9/h3-5,7-8H,6,11H2,1-2H3,(H,12,13). The highest BCUT2D eigenvalue weighted by atomic mass is 16.3. The van der Waals surface area contributed by atoms with Crippen LogP contribution in [0.25, 0.3) is 0 Å².